The second kappa shape index (κ2) is 8.35. The molecule has 0 radical (unpaired) electrons. The van der Waals surface area contributed by atoms with Gasteiger partial charge in [0.25, 0.3) is 11.1 Å². The van der Waals surface area contributed by atoms with Crippen molar-refractivity contribution in [1.82, 2.24) is 20.4 Å². The summed E-state index contributed by atoms with van der Waals surface area (Å²) in [5.41, 5.74) is 3.61. The van der Waals surface area contributed by atoms with Crippen LogP contribution in [-0.2, 0) is 6.61 Å². The van der Waals surface area contributed by atoms with E-state index in [1.54, 1.807) is 0 Å². The second-order valence-corrected chi connectivity index (χ2v) is 8.13. The van der Waals surface area contributed by atoms with E-state index >= 15 is 0 Å². The van der Waals surface area contributed by atoms with Gasteiger partial charge >= 0.3 is 0 Å². The van der Waals surface area contributed by atoms with Crippen molar-refractivity contribution in [2.75, 3.05) is 0 Å². The molecule has 5 aromatic rings. The smallest absolute Gasteiger partial charge is 0.268 e. The second-order valence-electron chi connectivity index (χ2n) is 8.13. The van der Waals surface area contributed by atoms with Crippen LogP contribution >= 0.6 is 0 Å². The Labute approximate surface area is 189 Å². The van der Waals surface area contributed by atoms with Crippen LogP contribution in [0.15, 0.2) is 76.3 Å². The van der Waals surface area contributed by atoms with Gasteiger partial charge < -0.3 is 14.9 Å². The van der Waals surface area contributed by atoms with E-state index in [2.05, 4.69) is 38.6 Å². The lowest BCUT2D eigenvalue weighted by atomic mass is 9.85. The molecule has 7 nitrogen and oxygen atoms in total. The molecule has 2 heterocycles. The van der Waals surface area contributed by atoms with Crippen LogP contribution in [0.4, 0.5) is 0 Å². The minimum absolute atomic E-state index is 0.263. The fraction of sp³-hybridized carbons (Fsp3) is 0.154. The van der Waals surface area contributed by atoms with Gasteiger partial charge in [0.15, 0.2) is 0 Å². The quantitative estimate of drug-likeness (QED) is 0.317. The molecule has 5 rings (SSSR count). The first-order valence-electron chi connectivity index (χ1n) is 10.8. The number of para-hydroxylation sites is 1. The predicted molar refractivity (Wildman–Crippen MR) is 128 cm³/mol. The molecule has 166 valence electrons. The highest BCUT2D eigenvalue weighted by Crippen LogP contribution is 2.37. The van der Waals surface area contributed by atoms with E-state index in [-0.39, 0.29) is 11.1 Å². The number of H-pyrrole nitrogens is 4. The van der Waals surface area contributed by atoms with Crippen molar-refractivity contribution in [3.63, 3.8) is 0 Å². The van der Waals surface area contributed by atoms with Crippen molar-refractivity contribution in [3.8, 4) is 5.75 Å². The fourth-order valence-corrected chi connectivity index (χ4v) is 4.49. The Morgan fingerprint density at radius 1 is 0.727 bits per heavy atom. The lowest BCUT2D eigenvalue weighted by Gasteiger charge is -2.20. The Morgan fingerprint density at radius 3 is 2.00 bits per heavy atom. The van der Waals surface area contributed by atoms with Crippen molar-refractivity contribution in [3.05, 3.63) is 121 Å². The lowest BCUT2D eigenvalue weighted by molar-refractivity contribution is 0.304. The average molecular weight is 441 g/mol. The van der Waals surface area contributed by atoms with Gasteiger partial charge in [-0.15, -0.1) is 0 Å². The number of fused-ring (bicyclic) bond motifs is 1. The molecular weight excluding hydrogens is 416 g/mol. The van der Waals surface area contributed by atoms with Crippen molar-refractivity contribution in [2.45, 2.75) is 26.4 Å². The van der Waals surface area contributed by atoms with E-state index in [9.17, 15) is 9.59 Å². The monoisotopic (exact) mass is 440 g/mol. The average Bonchev–Trinajstić information content (AvgIpc) is 3.34. The molecule has 2 aromatic heterocycles. The van der Waals surface area contributed by atoms with Crippen LogP contribution in [0.5, 0.6) is 5.75 Å². The molecule has 0 bridgehead atoms. The molecule has 0 unspecified atom stereocenters. The molecule has 0 saturated heterocycles. The number of hydrogen-bond acceptors (Lipinski definition) is 3. The zero-order valence-electron chi connectivity index (χ0n) is 18.4. The van der Waals surface area contributed by atoms with Gasteiger partial charge in [-0.25, -0.2) is 0 Å². The standard InChI is InChI=1S/C26H24N4O3/c1-15-22(25(31)29-27-15)24(23-16(2)28-30-26(23)32)20-12-5-6-13-21(20)33-14-18-10-7-9-17-8-3-4-11-19(17)18/h3-13,24H,14H2,1-2H3,(H2,27,29,31)(H2,28,30,32). The van der Waals surface area contributed by atoms with Gasteiger partial charge in [-0.05, 0) is 36.2 Å². The van der Waals surface area contributed by atoms with Crippen LogP contribution in [0, 0.1) is 13.8 Å². The van der Waals surface area contributed by atoms with E-state index in [4.69, 9.17) is 4.74 Å². The van der Waals surface area contributed by atoms with Crippen LogP contribution < -0.4 is 15.9 Å². The molecule has 0 fully saturated rings. The van der Waals surface area contributed by atoms with Gasteiger partial charge in [0.05, 0.1) is 17.0 Å². The molecule has 33 heavy (non-hydrogen) atoms. The molecule has 0 spiro atoms. The number of aromatic amines is 4. The Bertz CT molecular complexity index is 1490. The SMILES string of the molecule is Cc1[nH][nH]c(=O)c1C(c1ccccc1OCc1cccc2ccccc12)c1c(C)[nH][nH]c1=O. The first kappa shape index (κ1) is 20.6. The normalized spacial score (nSPS) is 11.4. The first-order chi connectivity index (χ1) is 16.0. The summed E-state index contributed by atoms with van der Waals surface area (Å²) in [4.78, 5) is 25.5. The Kier molecular flexibility index (Phi) is 5.22. The third kappa shape index (κ3) is 3.67. The molecule has 0 aliphatic rings. The third-order valence-corrected chi connectivity index (χ3v) is 6.09. The Balaban J connectivity index is 1.61. The van der Waals surface area contributed by atoms with E-state index in [1.165, 1.54) is 0 Å². The number of hydrogen-bond donors (Lipinski definition) is 4. The highest BCUT2D eigenvalue weighted by molar-refractivity contribution is 5.85. The summed E-state index contributed by atoms with van der Waals surface area (Å²) in [6.07, 6.45) is 0. The van der Waals surface area contributed by atoms with Crippen molar-refractivity contribution in [2.24, 2.45) is 0 Å². The summed E-state index contributed by atoms with van der Waals surface area (Å²) in [5, 5.41) is 13.3. The van der Waals surface area contributed by atoms with Gasteiger partial charge in [-0.3, -0.25) is 19.8 Å². The predicted octanol–water partition coefficient (Wildman–Crippen LogP) is 4.25. The number of ether oxygens (including phenoxy) is 1. The van der Waals surface area contributed by atoms with Gasteiger partial charge in [-0.2, -0.15) is 0 Å². The molecule has 3 aromatic carbocycles. The summed E-state index contributed by atoms with van der Waals surface area (Å²) >= 11 is 0. The van der Waals surface area contributed by atoms with Gasteiger partial charge in [0, 0.05) is 17.0 Å². The van der Waals surface area contributed by atoms with Gasteiger partial charge in [0.2, 0.25) is 0 Å². The van der Waals surface area contributed by atoms with Crippen molar-refractivity contribution < 1.29 is 4.74 Å². The van der Waals surface area contributed by atoms with Crippen molar-refractivity contribution in [1.29, 1.82) is 0 Å². The van der Waals surface area contributed by atoms with Gasteiger partial charge in [-0.1, -0.05) is 60.7 Å². The fourth-order valence-electron chi connectivity index (χ4n) is 4.49. The molecule has 0 saturated carbocycles. The molecule has 0 aliphatic heterocycles. The molecule has 0 aliphatic carbocycles. The molecule has 0 atom stereocenters. The molecular formula is C26H24N4O3. The Morgan fingerprint density at radius 2 is 1.33 bits per heavy atom. The first-order valence-corrected chi connectivity index (χ1v) is 10.8. The molecule has 7 heteroatoms. The number of aryl methyl sites for hydroxylation is 2. The maximum absolute atomic E-state index is 12.8. The summed E-state index contributed by atoms with van der Waals surface area (Å²) in [7, 11) is 0. The van der Waals surface area contributed by atoms with Crippen LogP contribution in [-0.4, -0.2) is 20.4 Å². The topological polar surface area (TPSA) is 107 Å². The zero-order chi connectivity index (χ0) is 22.9. The Hall–Kier alpha value is -4.26. The zero-order valence-corrected chi connectivity index (χ0v) is 18.4. The van der Waals surface area contributed by atoms with Crippen molar-refractivity contribution >= 4 is 10.8 Å². The lowest BCUT2D eigenvalue weighted by Crippen LogP contribution is -2.21. The maximum atomic E-state index is 12.8. The summed E-state index contributed by atoms with van der Waals surface area (Å²) < 4.78 is 6.32. The van der Waals surface area contributed by atoms with E-state index in [1.807, 2.05) is 62.4 Å². The summed E-state index contributed by atoms with van der Waals surface area (Å²) in [6, 6.07) is 21.9. The highest BCUT2D eigenvalue weighted by Gasteiger charge is 2.30. The summed E-state index contributed by atoms with van der Waals surface area (Å²) in [5.74, 6) is 0.0224. The minimum atomic E-state index is -0.598. The van der Waals surface area contributed by atoms with E-state index in [0.717, 1.165) is 21.9 Å². The minimum Gasteiger partial charge on any atom is -0.489 e. The largest absolute Gasteiger partial charge is 0.489 e. The molecule has 0 amide bonds. The number of benzene rings is 3. The number of rotatable bonds is 6. The maximum Gasteiger partial charge on any atom is 0.268 e. The number of nitrogens with one attached hydrogen (secondary N) is 4. The van der Waals surface area contributed by atoms with Crippen LogP contribution in [0.2, 0.25) is 0 Å². The van der Waals surface area contributed by atoms with Crippen LogP contribution in [0.25, 0.3) is 10.8 Å². The molecule has 4 N–H and O–H groups in total. The van der Waals surface area contributed by atoms with E-state index < -0.39 is 5.92 Å². The number of aromatic nitrogens is 4. The van der Waals surface area contributed by atoms with Gasteiger partial charge in [0.1, 0.15) is 12.4 Å². The van der Waals surface area contributed by atoms with E-state index in [0.29, 0.717) is 34.9 Å². The van der Waals surface area contributed by atoms with Crippen LogP contribution in [0.1, 0.15) is 39.6 Å². The third-order valence-electron chi connectivity index (χ3n) is 6.09. The van der Waals surface area contributed by atoms with Crippen LogP contribution in [0.3, 0.4) is 0 Å². The summed E-state index contributed by atoms with van der Waals surface area (Å²) in [6.45, 7) is 3.99. The highest BCUT2D eigenvalue weighted by atomic mass is 16.5.